The first-order valence-corrected chi connectivity index (χ1v) is 7.89. The van der Waals surface area contributed by atoms with Gasteiger partial charge in [0.2, 0.25) is 0 Å². The number of rotatable bonds is 4. The molecule has 144 valence electrons. The molecule has 2 N–H and O–H groups in total. The quantitative estimate of drug-likeness (QED) is 0.586. The van der Waals surface area contributed by atoms with Crippen molar-refractivity contribution in [3.63, 3.8) is 0 Å². The van der Waals surface area contributed by atoms with E-state index >= 15 is 0 Å². The molecule has 0 saturated carbocycles. The van der Waals surface area contributed by atoms with Crippen LogP contribution in [0.2, 0.25) is 0 Å². The summed E-state index contributed by atoms with van der Waals surface area (Å²) in [6.45, 7) is 0. The number of benzene rings is 2. The maximum Gasteiger partial charge on any atom is 0.416 e. The monoisotopic (exact) mass is 393 g/mol. The van der Waals surface area contributed by atoms with Crippen LogP contribution in [-0.4, -0.2) is 10.9 Å². The van der Waals surface area contributed by atoms with Crippen LogP contribution in [0.25, 0.3) is 0 Å². The number of halogens is 5. The molecule has 0 radical (unpaired) electrons. The number of amides is 1. The van der Waals surface area contributed by atoms with E-state index in [0.717, 1.165) is 18.2 Å². The van der Waals surface area contributed by atoms with Crippen LogP contribution in [0, 0.1) is 11.6 Å². The van der Waals surface area contributed by atoms with Gasteiger partial charge in [0.15, 0.2) is 0 Å². The minimum atomic E-state index is -4.52. The summed E-state index contributed by atoms with van der Waals surface area (Å²) in [5.74, 6) is -2.00. The van der Waals surface area contributed by atoms with E-state index in [1.54, 1.807) is 0 Å². The maximum absolute atomic E-state index is 13.6. The molecule has 1 aromatic heterocycles. The lowest BCUT2D eigenvalue weighted by Gasteiger charge is -2.10. The SMILES string of the molecule is O=C(Nc1cccc(C(F)(F)F)c1)c1ccc(Nc2ccc(F)cc2F)nc1. The predicted octanol–water partition coefficient (Wildman–Crippen LogP) is 5.37. The molecule has 9 heteroatoms. The molecule has 0 unspecified atom stereocenters. The summed E-state index contributed by atoms with van der Waals surface area (Å²) in [6, 6.07) is 9.94. The lowest BCUT2D eigenvalue weighted by Crippen LogP contribution is -2.13. The highest BCUT2D eigenvalue weighted by Gasteiger charge is 2.30. The number of hydrogen-bond donors (Lipinski definition) is 2. The number of hydrogen-bond acceptors (Lipinski definition) is 3. The highest BCUT2D eigenvalue weighted by Crippen LogP contribution is 2.30. The summed E-state index contributed by atoms with van der Waals surface area (Å²) in [6.07, 6.45) is -3.35. The van der Waals surface area contributed by atoms with Crippen molar-refractivity contribution in [2.24, 2.45) is 0 Å². The summed E-state index contributed by atoms with van der Waals surface area (Å²) < 4.78 is 64.7. The van der Waals surface area contributed by atoms with Gasteiger partial charge in [-0.05, 0) is 42.5 Å². The summed E-state index contributed by atoms with van der Waals surface area (Å²) >= 11 is 0. The molecule has 3 rings (SSSR count). The van der Waals surface area contributed by atoms with Crippen molar-refractivity contribution < 1.29 is 26.7 Å². The fraction of sp³-hybridized carbons (Fsp3) is 0.0526. The molecule has 0 aliphatic carbocycles. The van der Waals surface area contributed by atoms with Gasteiger partial charge in [0.25, 0.3) is 5.91 Å². The molecule has 1 amide bonds. The molecule has 28 heavy (non-hydrogen) atoms. The van der Waals surface area contributed by atoms with Crippen LogP contribution >= 0.6 is 0 Å². The third kappa shape index (κ3) is 4.61. The molecule has 0 bridgehead atoms. The molecule has 0 aliphatic heterocycles. The standard InChI is InChI=1S/C19H12F5N3O/c20-13-5-6-16(15(21)9-13)27-17-7-4-11(10-25-17)18(28)26-14-3-1-2-12(8-14)19(22,23)24/h1-10H,(H,25,27)(H,26,28). The van der Waals surface area contributed by atoms with E-state index in [9.17, 15) is 26.7 Å². The fourth-order valence-electron chi connectivity index (χ4n) is 2.31. The van der Waals surface area contributed by atoms with Crippen molar-refractivity contribution in [3.05, 3.63) is 83.6 Å². The van der Waals surface area contributed by atoms with Crippen LogP contribution in [0.5, 0.6) is 0 Å². The average molecular weight is 393 g/mol. The Morgan fingerprint density at radius 3 is 2.39 bits per heavy atom. The summed E-state index contributed by atoms with van der Waals surface area (Å²) in [5.41, 5.74) is -0.822. The van der Waals surface area contributed by atoms with Gasteiger partial charge in [-0.2, -0.15) is 13.2 Å². The molecule has 0 atom stereocenters. The maximum atomic E-state index is 13.6. The molecule has 0 aliphatic rings. The van der Waals surface area contributed by atoms with Gasteiger partial charge in [0, 0.05) is 18.0 Å². The largest absolute Gasteiger partial charge is 0.416 e. The summed E-state index contributed by atoms with van der Waals surface area (Å²) in [5, 5.41) is 4.98. The van der Waals surface area contributed by atoms with E-state index in [-0.39, 0.29) is 22.8 Å². The summed E-state index contributed by atoms with van der Waals surface area (Å²) in [4.78, 5) is 16.1. The second-order valence-electron chi connectivity index (χ2n) is 5.71. The van der Waals surface area contributed by atoms with E-state index in [2.05, 4.69) is 15.6 Å². The van der Waals surface area contributed by atoms with E-state index in [0.29, 0.717) is 6.07 Å². The molecule has 0 spiro atoms. The third-order valence-corrected chi connectivity index (χ3v) is 3.67. The zero-order valence-electron chi connectivity index (χ0n) is 14.0. The number of nitrogens with zero attached hydrogens (tertiary/aromatic N) is 1. The van der Waals surface area contributed by atoms with E-state index in [1.807, 2.05) is 0 Å². The molecule has 4 nitrogen and oxygen atoms in total. The predicted molar refractivity (Wildman–Crippen MR) is 93.3 cm³/mol. The zero-order chi connectivity index (χ0) is 20.3. The number of anilines is 3. The van der Waals surface area contributed by atoms with Crippen LogP contribution in [0.1, 0.15) is 15.9 Å². The number of carbonyl (C=O) groups excluding carboxylic acids is 1. The average Bonchev–Trinajstić information content (AvgIpc) is 2.64. The highest BCUT2D eigenvalue weighted by atomic mass is 19.4. The lowest BCUT2D eigenvalue weighted by molar-refractivity contribution is -0.137. The van der Waals surface area contributed by atoms with Crippen LogP contribution in [0.4, 0.5) is 39.1 Å². The van der Waals surface area contributed by atoms with Gasteiger partial charge in [0.05, 0.1) is 16.8 Å². The molecule has 2 aromatic carbocycles. The van der Waals surface area contributed by atoms with Crippen molar-refractivity contribution in [3.8, 4) is 0 Å². The Hall–Kier alpha value is -3.49. The molecule has 0 fully saturated rings. The van der Waals surface area contributed by atoms with Crippen LogP contribution in [-0.2, 0) is 6.18 Å². The minimum Gasteiger partial charge on any atom is -0.338 e. The first-order valence-electron chi connectivity index (χ1n) is 7.89. The fourth-order valence-corrected chi connectivity index (χ4v) is 2.31. The van der Waals surface area contributed by atoms with Crippen molar-refractivity contribution in [1.82, 2.24) is 4.98 Å². The number of carbonyl (C=O) groups is 1. The van der Waals surface area contributed by atoms with Crippen molar-refractivity contribution in [2.75, 3.05) is 10.6 Å². The number of pyridine rings is 1. The second-order valence-corrected chi connectivity index (χ2v) is 5.71. The number of alkyl halides is 3. The Kier molecular flexibility index (Phi) is 5.25. The first-order chi connectivity index (χ1) is 13.2. The molecular weight excluding hydrogens is 381 g/mol. The lowest BCUT2D eigenvalue weighted by atomic mass is 10.2. The van der Waals surface area contributed by atoms with E-state index < -0.39 is 29.3 Å². The van der Waals surface area contributed by atoms with Crippen LogP contribution in [0.3, 0.4) is 0 Å². The Morgan fingerprint density at radius 2 is 1.75 bits per heavy atom. The normalized spacial score (nSPS) is 11.2. The third-order valence-electron chi connectivity index (χ3n) is 3.67. The molecular formula is C19H12F5N3O. The van der Waals surface area contributed by atoms with Gasteiger partial charge in [-0.3, -0.25) is 4.79 Å². The summed E-state index contributed by atoms with van der Waals surface area (Å²) in [7, 11) is 0. The van der Waals surface area contributed by atoms with Crippen molar-refractivity contribution >= 4 is 23.1 Å². The van der Waals surface area contributed by atoms with Crippen LogP contribution < -0.4 is 10.6 Å². The van der Waals surface area contributed by atoms with Gasteiger partial charge in [-0.15, -0.1) is 0 Å². The Labute approximate surface area is 156 Å². The van der Waals surface area contributed by atoms with Gasteiger partial charge < -0.3 is 10.6 Å². The number of aromatic nitrogens is 1. The van der Waals surface area contributed by atoms with E-state index in [1.165, 1.54) is 36.5 Å². The Bertz CT molecular complexity index is 1000. The Morgan fingerprint density at radius 1 is 0.964 bits per heavy atom. The van der Waals surface area contributed by atoms with Gasteiger partial charge >= 0.3 is 6.18 Å². The topological polar surface area (TPSA) is 54.0 Å². The second kappa shape index (κ2) is 7.63. The van der Waals surface area contributed by atoms with Gasteiger partial charge in [-0.1, -0.05) is 6.07 Å². The smallest absolute Gasteiger partial charge is 0.338 e. The van der Waals surface area contributed by atoms with E-state index in [4.69, 9.17) is 0 Å². The Balaban J connectivity index is 1.70. The number of nitrogens with one attached hydrogen (secondary N) is 2. The van der Waals surface area contributed by atoms with Gasteiger partial charge in [0.1, 0.15) is 17.5 Å². The molecule has 0 saturated heterocycles. The van der Waals surface area contributed by atoms with Crippen molar-refractivity contribution in [2.45, 2.75) is 6.18 Å². The molecule has 1 heterocycles. The molecule has 3 aromatic rings. The van der Waals surface area contributed by atoms with Crippen molar-refractivity contribution in [1.29, 1.82) is 0 Å². The minimum absolute atomic E-state index is 0.00457. The van der Waals surface area contributed by atoms with Gasteiger partial charge in [-0.25, -0.2) is 13.8 Å². The highest BCUT2D eigenvalue weighted by molar-refractivity contribution is 6.04. The zero-order valence-corrected chi connectivity index (χ0v) is 14.0. The first kappa shape index (κ1) is 19.3. The van der Waals surface area contributed by atoms with Crippen LogP contribution in [0.15, 0.2) is 60.8 Å².